The highest BCUT2D eigenvalue weighted by molar-refractivity contribution is 5.68. The Hall–Kier alpha value is -2.50. The summed E-state index contributed by atoms with van der Waals surface area (Å²) >= 11 is 0. The Kier molecular flexibility index (Phi) is 6.88. The molecule has 0 aliphatic rings. The molecule has 1 unspecified atom stereocenters. The van der Waals surface area contributed by atoms with E-state index in [1.165, 1.54) is 5.56 Å². The Balaban J connectivity index is 2.07. The van der Waals surface area contributed by atoms with Crippen LogP contribution in [-0.2, 0) is 4.74 Å². The highest BCUT2D eigenvalue weighted by atomic mass is 16.6. The van der Waals surface area contributed by atoms with Gasteiger partial charge in [-0.1, -0.05) is 13.0 Å². The lowest BCUT2D eigenvalue weighted by Crippen LogP contribution is -2.35. The summed E-state index contributed by atoms with van der Waals surface area (Å²) in [6.45, 7) is 8.43. The summed E-state index contributed by atoms with van der Waals surface area (Å²) < 4.78 is 11.0. The van der Waals surface area contributed by atoms with Gasteiger partial charge in [0.05, 0.1) is 12.8 Å². The average Bonchev–Trinajstić information content (AvgIpc) is 3.14. The normalized spacial score (nSPS) is 12.5. The third-order valence-electron chi connectivity index (χ3n) is 4.50. The predicted molar refractivity (Wildman–Crippen MR) is 107 cm³/mol. The first-order valence-corrected chi connectivity index (χ1v) is 9.37. The fourth-order valence-corrected chi connectivity index (χ4v) is 2.98. The molecule has 148 valence electrons. The molecule has 1 aromatic heterocycles. The van der Waals surface area contributed by atoms with E-state index in [1.807, 2.05) is 26.8 Å². The van der Waals surface area contributed by atoms with Crippen LogP contribution in [0.5, 0.6) is 5.75 Å². The molecule has 1 aromatic carbocycles. The molecule has 1 N–H and O–H groups in total. The first-order valence-electron chi connectivity index (χ1n) is 9.37. The van der Waals surface area contributed by atoms with Gasteiger partial charge < -0.3 is 14.4 Å². The molecule has 2 aromatic rings. The van der Waals surface area contributed by atoms with Crippen molar-refractivity contribution in [2.45, 2.75) is 52.1 Å². The maximum atomic E-state index is 12.1. The van der Waals surface area contributed by atoms with Crippen molar-refractivity contribution in [3.05, 3.63) is 36.0 Å². The molecule has 6 heteroatoms. The average molecular weight is 373 g/mol. The first kappa shape index (κ1) is 20.8. The van der Waals surface area contributed by atoms with Crippen molar-refractivity contribution in [1.29, 1.82) is 0 Å². The van der Waals surface area contributed by atoms with Gasteiger partial charge in [0.15, 0.2) is 0 Å². The first-order chi connectivity index (χ1) is 12.7. The number of hydrogen-bond donors (Lipinski definition) is 1. The van der Waals surface area contributed by atoms with Crippen molar-refractivity contribution in [2.24, 2.45) is 0 Å². The Morgan fingerprint density at radius 3 is 2.59 bits per heavy atom. The van der Waals surface area contributed by atoms with Gasteiger partial charge in [-0.15, -0.1) is 0 Å². The van der Waals surface area contributed by atoms with Gasteiger partial charge in [-0.05, 0) is 63.3 Å². The largest absolute Gasteiger partial charge is 0.496 e. The molecule has 0 bridgehead atoms. The second-order valence-electron chi connectivity index (χ2n) is 7.73. The lowest BCUT2D eigenvalue weighted by Gasteiger charge is -2.26. The van der Waals surface area contributed by atoms with Crippen molar-refractivity contribution in [3.8, 4) is 17.0 Å². The summed E-state index contributed by atoms with van der Waals surface area (Å²) in [7, 11) is 3.46. The number of ether oxygens (including phenoxy) is 2. The van der Waals surface area contributed by atoms with E-state index in [2.05, 4.69) is 35.3 Å². The van der Waals surface area contributed by atoms with Crippen LogP contribution in [0, 0.1) is 0 Å². The van der Waals surface area contributed by atoms with Crippen molar-refractivity contribution < 1.29 is 14.3 Å². The Morgan fingerprint density at radius 1 is 1.30 bits per heavy atom. The van der Waals surface area contributed by atoms with E-state index in [1.54, 1.807) is 25.3 Å². The molecular formula is C21H31N3O3. The molecule has 0 fully saturated rings. The van der Waals surface area contributed by atoms with Gasteiger partial charge in [-0.2, -0.15) is 5.10 Å². The van der Waals surface area contributed by atoms with Crippen LogP contribution in [0.1, 0.15) is 52.0 Å². The minimum Gasteiger partial charge on any atom is -0.496 e. The maximum Gasteiger partial charge on any atom is 0.410 e. The van der Waals surface area contributed by atoms with Gasteiger partial charge in [-0.3, -0.25) is 5.10 Å². The Labute approximate surface area is 161 Å². The number of nitrogens with zero attached hydrogens (tertiary/aromatic N) is 2. The monoisotopic (exact) mass is 373 g/mol. The minimum absolute atomic E-state index is 0.287. The second-order valence-corrected chi connectivity index (χ2v) is 7.73. The third-order valence-corrected chi connectivity index (χ3v) is 4.50. The van der Waals surface area contributed by atoms with Crippen LogP contribution in [0.3, 0.4) is 0 Å². The van der Waals surface area contributed by atoms with Crippen LogP contribution >= 0.6 is 0 Å². The van der Waals surface area contributed by atoms with E-state index >= 15 is 0 Å². The van der Waals surface area contributed by atoms with E-state index < -0.39 is 5.60 Å². The zero-order valence-corrected chi connectivity index (χ0v) is 17.2. The highest BCUT2D eigenvalue weighted by Crippen LogP contribution is 2.33. The summed E-state index contributed by atoms with van der Waals surface area (Å²) in [5, 5.41) is 6.98. The van der Waals surface area contributed by atoms with E-state index in [-0.39, 0.29) is 6.09 Å². The summed E-state index contributed by atoms with van der Waals surface area (Å²) in [4.78, 5) is 13.8. The molecule has 1 heterocycles. The minimum atomic E-state index is -0.481. The summed E-state index contributed by atoms with van der Waals surface area (Å²) in [6, 6.07) is 8.19. The van der Waals surface area contributed by atoms with Gasteiger partial charge >= 0.3 is 6.09 Å². The SMILES string of the molecule is CCC(CCN(C)C(=O)OC(C)(C)C)c1ccc(-c2ccn[nH]2)c(OC)c1. The molecule has 27 heavy (non-hydrogen) atoms. The molecule has 0 saturated carbocycles. The van der Waals surface area contributed by atoms with Crippen molar-refractivity contribution in [1.82, 2.24) is 15.1 Å². The Morgan fingerprint density at radius 2 is 2.04 bits per heavy atom. The fraction of sp³-hybridized carbons (Fsp3) is 0.524. The molecule has 0 spiro atoms. The van der Waals surface area contributed by atoms with E-state index in [9.17, 15) is 4.79 Å². The Bertz CT molecular complexity index is 736. The number of aromatic nitrogens is 2. The number of nitrogens with one attached hydrogen (secondary N) is 1. The van der Waals surface area contributed by atoms with E-state index in [0.29, 0.717) is 12.5 Å². The number of carbonyl (C=O) groups excluding carboxylic acids is 1. The number of hydrogen-bond acceptors (Lipinski definition) is 4. The number of benzene rings is 1. The van der Waals surface area contributed by atoms with Crippen molar-refractivity contribution >= 4 is 6.09 Å². The van der Waals surface area contributed by atoms with Gasteiger partial charge in [0.25, 0.3) is 0 Å². The van der Waals surface area contributed by atoms with Crippen LogP contribution in [-0.4, -0.2) is 47.5 Å². The topological polar surface area (TPSA) is 67.5 Å². The lowest BCUT2D eigenvalue weighted by atomic mass is 9.91. The number of aromatic amines is 1. The zero-order valence-electron chi connectivity index (χ0n) is 17.2. The fourth-order valence-electron chi connectivity index (χ4n) is 2.98. The van der Waals surface area contributed by atoms with E-state index in [0.717, 1.165) is 29.8 Å². The van der Waals surface area contributed by atoms with Crippen LogP contribution in [0.15, 0.2) is 30.5 Å². The molecule has 1 amide bonds. The number of rotatable bonds is 7. The maximum absolute atomic E-state index is 12.1. The summed E-state index contributed by atoms with van der Waals surface area (Å²) in [5.74, 6) is 1.15. The van der Waals surface area contributed by atoms with E-state index in [4.69, 9.17) is 9.47 Å². The number of methoxy groups -OCH3 is 1. The highest BCUT2D eigenvalue weighted by Gasteiger charge is 2.21. The third kappa shape index (κ3) is 5.74. The standard InChI is InChI=1S/C21H31N3O3/c1-7-15(11-13-24(5)20(25)27-21(2,3)4)16-8-9-17(19(14-16)26-6)18-10-12-22-23-18/h8-10,12,14-15H,7,11,13H2,1-6H3,(H,22,23). The molecule has 1 atom stereocenters. The van der Waals surface area contributed by atoms with Gasteiger partial charge in [0.2, 0.25) is 0 Å². The van der Waals surface area contributed by atoms with Crippen LogP contribution < -0.4 is 4.74 Å². The quantitative estimate of drug-likeness (QED) is 0.754. The number of amides is 1. The molecule has 0 aliphatic heterocycles. The molecule has 6 nitrogen and oxygen atoms in total. The molecule has 2 rings (SSSR count). The second kappa shape index (κ2) is 8.93. The lowest BCUT2D eigenvalue weighted by molar-refractivity contribution is 0.0294. The van der Waals surface area contributed by atoms with Crippen LogP contribution in [0.25, 0.3) is 11.3 Å². The molecule has 0 saturated heterocycles. The van der Waals surface area contributed by atoms with Crippen molar-refractivity contribution in [2.75, 3.05) is 20.7 Å². The zero-order chi connectivity index (χ0) is 20.0. The summed E-state index contributed by atoms with van der Waals surface area (Å²) in [6.07, 6.45) is 3.28. The smallest absolute Gasteiger partial charge is 0.410 e. The predicted octanol–water partition coefficient (Wildman–Crippen LogP) is 4.84. The van der Waals surface area contributed by atoms with Gasteiger partial charge in [0, 0.05) is 25.4 Å². The number of H-pyrrole nitrogens is 1. The molecular weight excluding hydrogens is 342 g/mol. The van der Waals surface area contributed by atoms with Crippen molar-refractivity contribution in [3.63, 3.8) is 0 Å². The van der Waals surface area contributed by atoms with Crippen LogP contribution in [0.2, 0.25) is 0 Å². The molecule has 0 radical (unpaired) electrons. The number of carbonyl (C=O) groups is 1. The molecule has 0 aliphatic carbocycles. The summed E-state index contributed by atoms with van der Waals surface area (Å²) in [5.41, 5.74) is 2.64. The van der Waals surface area contributed by atoms with Gasteiger partial charge in [0.1, 0.15) is 11.4 Å². The van der Waals surface area contributed by atoms with Gasteiger partial charge in [-0.25, -0.2) is 4.79 Å². The van der Waals surface area contributed by atoms with Crippen LogP contribution in [0.4, 0.5) is 4.79 Å².